The highest BCUT2D eigenvalue weighted by molar-refractivity contribution is 9.15. The van der Waals surface area contributed by atoms with Crippen LogP contribution in [0.2, 0.25) is 0 Å². The van der Waals surface area contributed by atoms with E-state index in [-0.39, 0.29) is 5.83 Å². The maximum absolute atomic E-state index is 13.8. The van der Waals surface area contributed by atoms with Gasteiger partial charge in [0, 0.05) is 5.41 Å². The maximum Gasteiger partial charge on any atom is 0.120 e. The largest absolute Gasteiger partial charge is 0.210 e. The van der Waals surface area contributed by atoms with E-state index in [1.165, 1.54) is 0 Å². The summed E-state index contributed by atoms with van der Waals surface area (Å²) in [5, 5.41) is 0. The SMILES string of the molecule is CC(C)(C)/C(F)=C(\Br)c1ccccc1. The second kappa shape index (κ2) is 4.26. The Morgan fingerprint density at radius 1 is 1.14 bits per heavy atom. The Kier molecular flexibility index (Phi) is 3.48. The number of hydrogen-bond donors (Lipinski definition) is 0. The summed E-state index contributed by atoms with van der Waals surface area (Å²) in [6.07, 6.45) is 0. The lowest BCUT2D eigenvalue weighted by Crippen LogP contribution is -2.06. The second-order valence-corrected chi connectivity index (χ2v) is 5.04. The summed E-state index contributed by atoms with van der Waals surface area (Å²) in [5.41, 5.74) is 0.425. The van der Waals surface area contributed by atoms with Crippen molar-refractivity contribution in [3.05, 3.63) is 41.7 Å². The molecule has 0 bridgehead atoms. The molecule has 0 unspecified atom stereocenters. The molecule has 0 radical (unpaired) electrons. The average Bonchev–Trinajstić information content (AvgIpc) is 2.15. The van der Waals surface area contributed by atoms with Crippen molar-refractivity contribution in [2.45, 2.75) is 20.8 Å². The lowest BCUT2D eigenvalue weighted by Gasteiger charge is -2.17. The minimum atomic E-state index is -0.450. The van der Waals surface area contributed by atoms with E-state index < -0.39 is 5.41 Å². The van der Waals surface area contributed by atoms with Crippen molar-refractivity contribution in [2.24, 2.45) is 5.41 Å². The Balaban J connectivity index is 3.12. The summed E-state index contributed by atoms with van der Waals surface area (Å²) >= 11 is 3.29. The summed E-state index contributed by atoms with van der Waals surface area (Å²) in [5.74, 6) is -0.122. The lowest BCUT2D eigenvalue weighted by molar-refractivity contribution is 0.388. The standard InChI is InChI=1S/C12H14BrF/c1-12(2,3)11(14)10(13)9-7-5-4-6-8-9/h4-8H,1-3H3/b11-10+. The summed E-state index contributed by atoms with van der Waals surface area (Å²) in [4.78, 5) is 0. The molecular weight excluding hydrogens is 243 g/mol. The van der Waals surface area contributed by atoms with Gasteiger partial charge in [0.05, 0.1) is 4.48 Å². The summed E-state index contributed by atoms with van der Waals surface area (Å²) in [6.45, 7) is 5.56. The van der Waals surface area contributed by atoms with E-state index in [2.05, 4.69) is 15.9 Å². The zero-order valence-electron chi connectivity index (χ0n) is 8.64. The van der Waals surface area contributed by atoms with E-state index in [1.54, 1.807) is 0 Å². The molecule has 0 nitrogen and oxygen atoms in total. The van der Waals surface area contributed by atoms with E-state index >= 15 is 0 Å². The van der Waals surface area contributed by atoms with Gasteiger partial charge < -0.3 is 0 Å². The van der Waals surface area contributed by atoms with Crippen LogP contribution in [0.15, 0.2) is 36.2 Å². The Bertz CT molecular complexity index is 333. The van der Waals surface area contributed by atoms with Crippen LogP contribution in [0, 0.1) is 5.41 Å². The van der Waals surface area contributed by atoms with E-state index in [0.29, 0.717) is 4.48 Å². The van der Waals surface area contributed by atoms with Crippen LogP contribution in [0.3, 0.4) is 0 Å². The third-order valence-electron chi connectivity index (χ3n) is 1.88. The highest BCUT2D eigenvalue weighted by Gasteiger charge is 2.20. The topological polar surface area (TPSA) is 0 Å². The Morgan fingerprint density at radius 2 is 1.64 bits per heavy atom. The fourth-order valence-electron chi connectivity index (χ4n) is 1.04. The molecule has 1 aromatic rings. The van der Waals surface area contributed by atoms with Crippen molar-refractivity contribution < 1.29 is 4.39 Å². The van der Waals surface area contributed by atoms with Gasteiger partial charge in [-0.1, -0.05) is 51.1 Å². The van der Waals surface area contributed by atoms with Crippen molar-refractivity contribution >= 4 is 20.4 Å². The number of rotatable bonds is 1. The molecule has 1 aromatic carbocycles. The van der Waals surface area contributed by atoms with Crippen LogP contribution >= 0.6 is 15.9 Å². The van der Waals surface area contributed by atoms with Crippen LogP contribution in [0.25, 0.3) is 4.48 Å². The summed E-state index contributed by atoms with van der Waals surface area (Å²) in [6, 6.07) is 9.47. The fourth-order valence-corrected chi connectivity index (χ4v) is 1.90. The molecule has 0 fully saturated rings. The van der Waals surface area contributed by atoms with Gasteiger partial charge in [-0.05, 0) is 21.5 Å². The molecule has 0 aliphatic carbocycles. The molecule has 0 spiro atoms. The lowest BCUT2D eigenvalue weighted by atomic mass is 9.93. The first kappa shape index (κ1) is 11.4. The van der Waals surface area contributed by atoms with E-state index in [0.717, 1.165) is 5.56 Å². The van der Waals surface area contributed by atoms with Crippen LogP contribution in [0.1, 0.15) is 26.3 Å². The van der Waals surface area contributed by atoms with Gasteiger partial charge in [-0.15, -0.1) is 0 Å². The minimum Gasteiger partial charge on any atom is -0.210 e. The molecule has 0 N–H and O–H groups in total. The summed E-state index contributed by atoms with van der Waals surface area (Å²) in [7, 11) is 0. The second-order valence-electron chi connectivity index (χ2n) is 4.24. The molecule has 0 aliphatic heterocycles. The van der Waals surface area contributed by atoms with Gasteiger partial charge in [0.2, 0.25) is 0 Å². The Labute approximate surface area is 93.0 Å². The molecule has 0 saturated heterocycles. The van der Waals surface area contributed by atoms with Crippen LogP contribution < -0.4 is 0 Å². The predicted molar refractivity (Wildman–Crippen MR) is 62.9 cm³/mol. The minimum absolute atomic E-state index is 0.122. The van der Waals surface area contributed by atoms with Gasteiger partial charge in [0.25, 0.3) is 0 Å². The molecule has 0 atom stereocenters. The molecule has 0 heterocycles. The van der Waals surface area contributed by atoms with E-state index in [1.807, 2.05) is 51.1 Å². The first-order valence-corrected chi connectivity index (χ1v) is 5.33. The molecule has 0 aliphatic rings. The zero-order chi connectivity index (χ0) is 10.8. The number of halogens is 2. The fraction of sp³-hybridized carbons (Fsp3) is 0.333. The normalized spacial score (nSPS) is 13.8. The van der Waals surface area contributed by atoms with Gasteiger partial charge >= 0.3 is 0 Å². The molecule has 0 aromatic heterocycles. The van der Waals surface area contributed by atoms with Crippen LogP contribution in [0.4, 0.5) is 4.39 Å². The number of benzene rings is 1. The molecule has 2 heteroatoms. The third kappa shape index (κ3) is 2.68. The molecular formula is C12H14BrF. The summed E-state index contributed by atoms with van der Waals surface area (Å²) < 4.78 is 14.4. The smallest absolute Gasteiger partial charge is 0.120 e. The van der Waals surface area contributed by atoms with Gasteiger partial charge in [-0.25, -0.2) is 4.39 Å². The van der Waals surface area contributed by atoms with Crippen LogP contribution in [-0.2, 0) is 0 Å². The first-order valence-electron chi connectivity index (χ1n) is 4.54. The van der Waals surface area contributed by atoms with Crippen molar-refractivity contribution in [1.82, 2.24) is 0 Å². The van der Waals surface area contributed by atoms with Crippen LogP contribution in [0.5, 0.6) is 0 Å². The monoisotopic (exact) mass is 256 g/mol. The molecule has 0 saturated carbocycles. The highest BCUT2D eigenvalue weighted by atomic mass is 79.9. The number of allylic oxidation sites excluding steroid dienone is 1. The molecule has 14 heavy (non-hydrogen) atoms. The van der Waals surface area contributed by atoms with Crippen molar-refractivity contribution in [2.75, 3.05) is 0 Å². The van der Waals surface area contributed by atoms with Crippen molar-refractivity contribution in [1.29, 1.82) is 0 Å². The average molecular weight is 257 g/mol. The van der Waals surface area contributed by atoms with Gasteiger partial charge in [0.1, 0.15) is 5.83 Å². The van der Waals surface area contributed by atoms with Crippen LogP contribution in [-0.4, -0.2) is 0 Å². The Morgan fingerprint density at radius 3 is 2.07 bits per heavy atom. The van der Waals surface area contributed by atoms with E-state index in [9.17, 15) is 4.39 Å². The molecule has 1 rings (SSSR count). The zero-order valence-corrected chi connectivity index (χ0v) is 10.2. The van der Waals surface area contributed by atoms with Crippen molar-refractivity contribution in [3.63, 3.8) is 0 Å². The molecule has 0 amide bonds. The van der Waals surface area contributed by atoms with Gasteiger partial charge in [-0.2, -0.15) is 0 Å². The van der Waals surface area contributed by atoms with Gasteiger partial charge in [0.15, 0.2) is 0 Å². The molecule has 76 valence electrons. The first-order chi connectivity index (χ1) is 6.43. The Hall–Kier alpha value is -0.630. The van der Waals surface area contributed by atoms with Crippen molar-refractivity contribution in [3.8, 4) is 0 Å². The third-order valence-corrected chi connectivity index (χ3v) is 2.68. The number of hydrogen-bond acceptors (Lipinski definition) is 0. The maximum atomic E-state index is 13.8. The highest BCUT2D eigenvalue weighted by Crippen LogP contribution is 2.36. The van der Waals surface area contributed by atoms with Gasteiger partial charge in [-0.3, -0.25) is 0 Å². The quantitative estimate of drug-likeness (QED) is 0.680. The predicted octanol–water partition coefficient (Wildman–Crippen LogP) is 4.77. The van der Waals surface area contributed by atoms with E-state index in [4.69, 9.17) is 0 Å².